The number of hydrogen-bond acceptors (Lipinski definition) is 3. The van der Waals surface area contributed by atoms with Crippen molar-refractivity contribution < 1.29 is 0 Å². The van der Waals surface area contributed by atoms with Crippen LogP contribution in [0.15, 0.2) is 6.33 Å². The van der Waals surface area contributed by atoms with E-state index >= 15 is 0 Å². The van der Waals surface area contributed by atoms with Crippen LogP contribution in [0.1, 0.15) is 46.9 Å². The number of nitrogens with zero attached hydrogens (tertiary/aromatic N) is 3. The zero-order chi connectivity index (χ0) is 14.3. The van der Waals surface area contributed by atoms with Crippen LogP contribution in [0.4, 0.5) is 0 Å². The van der Waals surface area contributed by atoms with Crippen LogP contribution in [0, 0.1) is 17.8 Å². The van der Waals surface area contributed by atoms with Crippen molar-refractivity contribution in [2.24, 2.45) is 17.8 Å². The van der Waals surface area contributed by atoms with Crippen LogP contribution < -0.4 is 5.32 Å². The monoisotopic (exact) mass is 266 g/mol. The summed E-state index contributed by atoms with van der Waals surface area (Å²) in [5.41, 5.74) is 0. The molecule has 2 unspecified atom stereocenters. The molecule has 1 heterocycles. The topological polar surface area (TPSA) is 42.7 Å². The molecule has 0 amide bonds. The van der Waals surface area contributed by atoms with Crippen molar-refractivity contribution in [1.29, 1.82) is 0 Å². The van der Waals surface area contributed by atoms with E-state index in [1.165, 1.54) is 6.42 Å². The molecule has 1 aromatic heterocycles. The Kier molecular flexibility index (Phi) is 7.06. The summed E-state index contributed by atoms with van der Waals surface area (Å²) in [6.45, 7) is 14.4. The van der Waals surface area contributed by atoms with Gasteiger partial charge in [0.05, 0.1) is 0 Å². The highest BCUT2D eigenvalue weighted by molar-refractivity contribution is 4.88. The third-order valence-electron chi connectivity index (χ3n) is 3.60. The molecule has 0 saturated heterocycles. The van der Waals surface area contributed by atoms with Crippen molar-refractivity contribution in [3.05, 3.63) is 12.2 Å². The van der Waals surface area contributed by atoms with Crippen molar-refractivity contribution in [2.45, 2.75) is 54.0 Å². The fourth-order valence-electron chi connectivity index (χ4n) is 2.14. The van der Waals surface area contributed by atoms with Crippen molar-refractivity contribution in [3.8, 4) is 0 Å². The van der Waals surface area contributed by atoms with E-state index in [4.69, 9.17) is 0 Å². The molecule has 0 fully saturated rings. The molecule has 0 aromatic carbocycles. The van der Waals surface area contributed by atoms with E-state index < -0.39 is 0 Å². The third-order valence-corrected chi connectivity index (χ3v) is 3.60. The Hall–Kier alpha value is -0.900. The molecular formula is C15H30N4. The minimum atomic E-state index is 0.611. The summed E-state index contributed by atoms with van der Waals surface area (Å²) < 4.78 is 2.06. The van der Waals surface area contributed by atoms with Gasteiger partial charge in [-0.3, -0.25) is 0 Å². The Balaban J connectivity index is 2.47. The van der Waals surface area contributed by atoms with Gasteiger partial charge in [-0.2, -0.15) is 5.10 Å². The van der Waals surface area contributed by atoms with Crippen LogP contribution in [0.3, 0.4) is 0 Å². The summed E-state index contributed by atoms with van der Waals surface area (Å²) >= 11 is 0. The fourth-order valence-corrected chi connectivity index (χ4v) is 2.14. The van der Waals surface area contributed by atoms with Crippen molar-refractivity contribution >= 4 is 0 Å². The fraction of sp³-hybridized carbons (Fsp3) is 0.867. The maximum Gasteiger partial charge on any atom is 0.138 e. The lowest BCUT2D eigenvalue weighted by Crippen LogP contribution is -2.27. The summed E-state index contributed by atoms with van der Waals surface area (Å²) in [4.78, 5) is 4.42. The zero-order valence-electron chi connectivity index (χ0n) is 13.2. The molecule has 110 valence electrons. The molecule has 0 aliphatic rings. The molecule has 0 spiro atoms. The molecule has 4 nitrogen and oxygen atoms in total. The maximum atomic E-state index is 4.42. The van der Waals surface area contributed by atoms with Crippen LogP contribution >= 0.6 is 0 Å². The molecule has 4 heteroatoms. The summed E-state index contributed by atoms with van der Waals surface area (Å²) in [7, 11) is 0. The maximum absolute atomic E-state index is 4.42. The Morgan fingerprint density at radius 2 is 1.95 bits per heavy atom. The smallest absolute Gasteiger partial charge is 0.138 e. The lowest BCUT2D eigenvalue weighted by molar-refractivity contribution is 0.349. The van der Waals surface area contributed by atoms with Crippen molar-refractivity contribution in [3.63, 3.8) is 0 Å². The molecule has 0 aliphatic heterocycles. The van der Waals surface area contributed by atoms with E-state index in [0.29, 0.717) is 17.8 Å². The first-order chi connectivity index (χ1) is 9.04. The van der Waals surface area contributed by atoms with E-state index in [-0.39, 0.29) is 0 Å². The normalized spacial score (nSPS) is 14.8. The SMILES string of the molecule is CCCNCC(C)C(C)Cc1ncnn1CC(C)C. The minimum absolute atomic E-state index is 0.611. The van der Waals surface area contributed by atoms with Gasteiger partial charge in [0.15, 0.2) is 0 Å². The molecule has 1 rings (SSSR count). The van der Waals surface area contributed by atoms with Gasteiger partial charge >= 0.3 is 0 Å². The van der Waals surface area contributed by atoms with Gasteiger partial charge in [0.25, 0.3) is 0 Å². The second-order valence-electron chi connectivity index (χ2n) is 6.12. The van der Waals surface area contributed by atoms with E-state index in [2.05, 4.69) is 54.7 Å². The second kappa shape index (κ2) is 8.31. The quantitative estimate of drug-likeness (QED) is 0.699. The molecule has 0 bridgehead atoms. The first kappa shape index (κ1) is 16.2. The molecule has 1 aromatic rings. The summed E-state index contributed by atoms with van der Waals surface area (Å²) in [6.07, 6.45) is 3.90. The van der Waals surface area contributed by atoms with E-state index in [0.717, 1.165) is 31.9 Å². The average Bonchev–Trinajstić information content (AvgIpc) is 2.76. The lowest BCUT2D eigenvalue weighted by atomic mass is 9.92. The van der Waals surface area contributed by atoms with E-state index in [9.17, 15) is 0 Å². The molecule has 2 atom stereocenters. The number of hydrogen-bond donors (Lipinski definition) is 1. The molecule has 0 aliphatic carbocycles. The van der Waals surface area contributed by atoms with Crippen molar-refractivity contribution in [2.75, 3.05) is 13.1 Å². The Labute approximate surface area is 118 Å². The number of nitrogens with one attached hydrogen (secondary N) is 1. The Bertz CT molecular complexity index is 346. The highest BCUT2D eigenvalue weighted by Crippen LogP contribution is 2.15. The number of aromatic nitrogens is 3. The standard InChI is InChI=1S/C15H30N4/c1-6-7-16-9-14(5)13(4)8-15-17-11-18-19(15)10-12(2)3/h11-14,16H,6-10H2,1-5H3. The van der Waals surface area contributed by atoms with E-state index in [1.54, 1.807) is 6.33 Å². The summed E-state index contributed by atoms with van der Waals surface area (Å²) in [5, 5.41) is 7.83. The predicted molar refractivity (Wildman–Crippen MR) is 80.1 cm³/mol. The van der Waals surface area contributed by atoms with Crippen LogP contribution in [0.5, 0.6) is 0 Å². The van der Waals surface area contributed by atoms with Crippen LogP contribution in [0.2, 0.25) is 0 Å². The second-order valence-corrected chi connectivity index (χ2v) is 6.12. The average molecular weight is 266 g/mol. The Morgan fingerprint density at radius 3 is 2.58 bits per heavy atom. The lowest BCUT2D eigenvalue weighted by Gasteiger charge is -2.20. The van der Waals surface area contributed by atoms with Crippen LogP contribution in [-0.4, -0.2) is 27.9 Å². The zero-order valence-corrected chi connectivity index (χ0v) is 13.2. The summed E-state index contributed by atoms with van der Waals surface area (Å²) in [6, 6.07) is 0. The number of rotatable bonds is 9. The van der Waals surface area contributed by atoms with Gasteiger partial charge in [-0.05, 0) is 37.3 Å². The highest BCUT2D eigenvalue weighted by Gasteiger charge is 2.16. The van der Waals surface area contributed by atoms with E-state index in [1.807, 2.05) is 0 Å². The third kappa shape index (κ3) is 5.72. The molecule has 19 heavy (non-hydrogen) atoms. The van der Waals surface area contributed by atoms with Gasteiger partial charge in [-0.25, -0.2) is 9.67 Å². The van der Waals surface area contributed by atoms with Crippen LogP contribution in [0.25, 0.3) is 0 Å². The van der Waals surface area contributed by atoms with Gasteiger partial charge in [0.1, 0.15) is 12.2 Å². The molecule has 0 saturated carbocycles. The highest BCUT2D eigenvalue weighted by atomic mass is 15.3. The van der Waals surface area contributed by atoms with Crippen LogP contribution in [-0.2, 0) is 13.0 Å². The molecule has 1 N–H and O–H groups in total. The molecule has 0 radical (unpaired) electrons. The Morgan fingerprint density at radius 1 is 1.21 bits per heavy atom. The minimum Gasteiger partial charge on any atom is -0.316 e. The predicted octanol–water partition coefficient (Wildman–Crippen LogP) is 2.75. The van der Waals surface area contributed by atoms with Gasteiger partial charge in [-0.1, -0.05) is 34.6 Å². The summed E-state index contributed by atoms with van der Waals surface area (Å²) in [5.74, 6) is 3.03. The van der Waals surface area contributed by atoms with Crippen molar-refractivity contribution in [1.82, 2.24) is 20.1 Å². The van der Waals surface area contributed by atoms with Gasteiger partial charge in [0, 0.05) is 13.0 Å². The van der Waals surface area contributed by atoms with Gasteiger partial charge in [-0.15, -0.1) is 0 Å². The molecular weight excluding hydrogens is 236 g/mol. The van der Waals surface area contributed by atoms with Gasteiger partial charge < -0.3 is 5.32 Å². The first-order valence-electron chi connectivity index (χ1n) is 7.62. The largest absolute Gasteiger partial charge is 0.316 e. The first-order valence-corrected chi connectivity index (χ1v) is 7.62. The van der Waals surface area contributed by atoms with Gasteiger partial charge in [0.2, 0.25) is 0 Å².